The van der Waals surface area contributed by atoms with E-state index in [1.165, 1.54) is 10.4 Å². The van der Waals surface area contributed by atoms with E-state index in [4.69, 9.17) is 0 Å². The summed E-state index contributed by atoms with van der Waals surface area (Å²) in [7, 11) is 1.77. The predicted octanol–water partition coefficient (Wildman–Crippen LogP) is 3.14. The SMILES string of the molecule is CN=C(NCC(C)c1cccs1)NCC1CC(=O)Nc2ccccc21. The third-order valence-electron chi connectivity index (χ3n) is 4.45. The van der Waals surface area contributed by atoms with Gasteiger partial charge in [-0.05, 0) is 23.1 Å². The number of hydrogen-bond donors (Lipinski definition) is 3. The molecule has 1 aliphatic rings. The summed E-state index contributed by atoms with van der Waals surface area (Å²) in [6.07, 6.45) is 0.493. The van der Waals surface area contributed by atoms with Crippen LogP contribution in [-0.4, -0.2) is 32.0 Å². The first kappa shape index (κ1) is 17.5. The maximum atomic E-state index is 11.9. The maximum Gasteiger partial charge on any atom is 0.225 e. The quantitative estimate of drug-likeness (QED) is 0.570. The van der Waals surface area contributed by atoms with Crippen molar-refractivity contribution >= 4 is 28.9 Å². The van der Waals surface area contributed by atoms with Crippen molar-refractivity contribution in [3.8, 4) is 0 Å². The van der Waals surface area contributed by atoms with Gasteiger partial charge in [0.25, 0.3) is 0 Å². The highest BCUT2D eigenvalue weighted by atomic mass is 32.1. The Hall–Kier alpha value is -2.34. The Morgan fingerprint density at radius 1 is 1.32 bits per heavy atom. The third-order valence-corrected chi connectivity index (χ3v) is 5.55. The van der Waals surface area contributed by atoms with E-state index in [1.54, 1.807) is 18.4 Å². The number of thiophene rings is 1. The van der Waals surface area contributed by atoms with E-state index in [0.717, 1.165) is 18.2 Å². The number of fused-ring (bicyclic) bond motifs is 1. The second kappa shape index (κ2) is 8.16. The summed E-state index contributed by atoms with van der Waals surface area (Å²) in [6, 6.07) is 12.2. The lowest BCUT2D eigenvalue weighted by atomic mass is 9.90. The minimum absolute atomic E-state index is 0.0692. The summed E-state index contributed by atoms with van der Waals surface area (Å²) in [5.41, 5.74) is 2.09. The molecule has 2 atom stereocenters. The van der Waals surface area contributed by atoms with Crippen molar-refractivity contribution in [3.05, 3.63) is 52.2 Å². The van der Waals surface area contributed by atoms with Crippen molar-refractivity contribution in [2.45, 2.75) is 25.2 Å². The third kappa shape index (κ3) is 4.39. The van der Waals surface area contributed by atoms with Gasteiger partial charge >= 0.3 is 0 Å². The molecule has 0 spiro atoms. The van der Waals surface area contributed by atoms with Gasteiger partial charge in [-0.15, -0.1) is 11.3 Å². The largest absolute Gasteiger partial charge is 0.356 e. The summed E-state index contributed by atoms with van der Waals surface area (Å²) in [5.74, 6) is 1.42. The van der Waals surface area contributed by atoms with Crippen LogP contribution in [0, 0.1) is 0 Å². The second-order valence-corrected chi connectivity index (χ2v) is 7.27. The highest BCUT2D eigenvalue weighted by Gasteiger charge is 2.24. The molecule has 0 aliphatic carbocycles. The molecule has 1 aromatic heterocycles. The first-order valence-electron chi connectivity index (χ1n) is 8.54. The molecule has 2 unspecified atom stereocenters. The summed E-state index contributed by atoms with van der Waals surface area (Å²) >= 11 is 1.77. The Morgan fingerprint density at radius 2 is 2.16 bits per heavy atom. The normalized spacial score (nSPS) is 18.2. The summed E-state index contributed by atoms with van der Waals surface area (Å²) < 4.78 is 0. The Balaban J connectivity index is 1.56. The molecule has 132 valence electrons. The van der Waals surface area contributed by atoms with Gasteiger partial charge in [-0.3, -0.25) is 9.79 Å². The number of nitrogens with zero attached hydrogens (tertiary/aromatic N) is 1. The molecule has 1 aromatic carbocycles. The number of carbonyl (C=O) groups excluding carboxylic acids is 1. The van der Waals surface area contributed by atoms with Crippen LogP contribution in [0.25, 0.3) is 0 Å². The average Bonchev–Trinajstić information content (AvgIpc) is 3.16. The van der Waals surface area contributed by atoms with Gasteiger partial charge in [0.15, 0.2) is 5.96 Å². The van der Waals surface area contributed by atoms with Crippen LogP contribution < -0.4 is 16.0 Å². The molecule has 3 rings (SSSR count). The average molecular weight is 356 g/mol. The number of amides is 1. The Kier molecular flexibility index (Phi) is 5.71. The molecule has 2 heterocycles. The molecule has 0 saturated carbocycles. The Morgan fingerprint density at radius 3 is 2.92 bits per heavy atom. The van der Waals surface area contributed by atoms with E-state index in [0.29, 0.717) is 18.9 Å². The Labute approximate surface area is 152 Å². The van der Waals surface area contributed by atoms with Crippen LogP contribution in [0.4, 0.5) is 5.69 Å². The van der Waals surface area contributed by atoms with Crippen LogP contribution in [-0.2, 0) is 4.79 Å². The molecule has 25 heavy (non-hydrogen) atoms. The number of rotatable bonds is 5. The van der Waals surface area contributed by atoms with Crippen molar-refractivity contribution in [1.82, 2.24) is 10.6 Å². The molecule has 5 nitrogen and oxygen atoms in total. The smallest absolute Gasteiger partial charge is 0.225 e. The lowest BCUT2D eigenvalue weighted by Gasteiger charge is -2.26. The predicted molar refractivity (Wildman–Crippen MR) is 105 cm³/mol. The summed E-state index contributed by atoms with van der Waals surface area (Å²) in [6.45, 7) is 3.70. The number of para-hydroxylation sites is 1. The van der Waals surface area contributed by atoms with E-state index < -0.39 is 0 Å². The molecule has 0 radical (unpaired) electrons. The van der Waals surface area contributed by atoms with Gasteiger partial charge in [0.2, 0.25) is 5.91 Å². The van der Waals surface area contributed by atoms with Gasteiger partial charge in [-0.1, -0.05) is 31.2 Å². The van der Waals surface area contributed by atoms with Crippen LogP contribution in [0.15, 0.2) is 46.8 Å². The molecular formula is C19H24N4OS. The van der Waals surface area contributed by atoms with Gasteiger partial charge in [0.05, 0.1) is 0 Å². The number of anilines is 1. The fourth-order valence-electron chi connectivity index (χ4n) is 3.05. The zero-order chi connectivity index (χ0) is 17.6. The number of aliphatic imine (C=N–C) groups is 1. The van der Waals surface area contributed by atoms with E-state index in [9.17, 15) is 4.79 Å². The first-order valence-corrected chi connectivity index (χ1v) is 9.42. The van der Waals surface area contributed by atoms with Crippen LogP contribution in [0.5, 0.6) is 0 Å². The molecule has 6 heteroatoms. The molecule has 0 bridgehead atoms. The van der Waals surface area contributed by atoms with E-state index in [-0.39, 0.29) is 11.8 Å². The molecule has 0 saturated heterocycles. The summed E-state index contributed by atoms with van der Waals surface area (Å²) in [5, 5.41) is 11.8. The van der Waals surface area contributed by atoms with Crippen molar-refractivity contribution < 1.29 is 4.79 Å². The van der Waals surface area contributed by atoms with E-state index >= 15 is 0 Å². The highest BCUT2D eigenvalue weighted by Crippen LogP contribution is 2.31. The maximum absolute atomic E-state index is 11.9. The van der Waals surface area contributed by atoms with Crippen molar-refractivity contribution in [2.75, 3.05) is 25.5 Å². The minimum Gasteiger partial charge on any atom is -0.356 e. The standard InChI is InChI=1S/C19H24N4OS/c1-13(17-8-5-9-25-17)11-21-19(20-2)22-12-14-10-18(24)23-16-7-4-3-6-15(14)16/h3-9,13-14H,10-12H2,1-2H3,(H,23,24)(H2,20,21,22). The van der Waals surface area contributed by atoms with Crippen LogP contribution >= 0.6 is 11.3 Å². The minimum atomic E-state index is 0.0692. The zero-order valence-corrected chi connectivity index (χ0v) is 15.4. The van der Waals surface area contributed by atoms with Gasteiger partial charge in [0, 0.05) is 49.0 Å². The van der Waals surface area contributed by atoms with E-state index in [2.05, 4.69) is 51.4 Å². The number of nitrogens with one attached hydrogen (secondary N) is 3. The lowest BCUT2D eigenvalue weighted by Crippen LogP contribution is -2.41. The molecule has 1 amide bonds. The van der Waals surface area contributed by atoms with Crippen molar-refractivity contribution in [3.63, 3.8) is 0 Å². The zero-order valence-electron chi connectivity index (χ0n) is 14.6. The van der Waals surface area contributed by atoms with Gasteiger partial charge in [-0.25, -0.2) is 0 Å². The Bertz CT molecular complexity index is 742. The molecular weight excluding hydrogens is 332 g/mol. The number of hydrogen-bond acceptors (Lipinski definition) is 3. The molecule has 2 aromatic rings. The fourth-order valence-corrected chi connectivity index (χ4v) is 3.83. The fraction of sp³-hybridized carbons (Fsp3) is 0.368. The van der Waals surface area contributed by atoms with Crippen LogP contribution in [0.2, 0.25) is 0 Å². The van der Waals surface area contributed by atoms with Crippen LogP contribution in [0.3, 0.4) is 0 Å². The van der Waals surface area contributed by atoms with Gasteiger partial charge in [-0.2, -0.15) is 0 Å². The second-order valence-electron chi connectivity index (χ2n) is 6.29. The van der Waals surface area contributed by atoms with Gasteiger partial charge in [0.1, 0.15) is 0 Å². The number of guanidine groups is 1. The monoisotopic (exact) mass is 356 g/mol. The van der Waals surface area contributed by atoms with Gasteiger partial charge < -0.3 is 16.0 Å². The van der Waals surface area contributed by atoms with Crippen molar-refractivity contribution in [2.24, 2.45) is 4.99 Å². The van der Waals surface area contributed by atoms with Crippen molar-refractivity contribution in [1.29, 1.82) is 0 Å². The topological polar surface area (TPSA) is 65.5 Å². The first-order chi connectivity index (χ1) is 12.2. The highest BCUT2D eigenvalue weighted by molar-refractivity contribution is 7.10. The molecule has 1 aliphatic heterocycles. The molecule has 3 N–H and O–H groups in total. The lowest BCUT2D eigenvalue weighted by molar-refractivity contribution is -0.116. The summed E-state index contributed by atoms with van der Waals surface area (Å²) in [4.78, 5) is 17.6. The molecule has 0 fully saturated rings. The number of carbonyl (C=O) groups is 1. The van der Waals surface area contributed by atoms with Crippen LogP contribution in [0.1, 0.15) is 35.6 Å². The number of benzene rings is 1. The van der Waals surface area contributed by atoms with E-state index in [1.807, 2.05) is 18.2 Å².